The van der Waals surface area contributed by atoms with Crippen molar-refractivity contribution in [1.29, 1.82) is 0 Å². The molecule has 2 aromatic carbocycles. The molecule has 0 heterocycles. The van der Waals surface area contributed by atoms with Gasteiger partial charge in [-0.15, -0.1) is 0 Å². The first-order valence-electron chi connectivity index (χ1n) is 7.99. The number of rotatable bonds is 7. The molecular weight excluding hydrogens is 370 g/mol. The maximum absolute atomic E-state index is 11.9. The van der Waals surface area contributed by atoms with Gasteiger partial charge in [0.2, 0.25) is 0 Å². The Labute approximate surface area is 159 Å². The van der Waals surface area contributed by atoms with Crippen LogP contribution in [-0.2, 0) is 20.9 Å². The van der Waals surface area contributed by atoms with Crippen LogP contribution in [0.25, 0.3) is 0 Å². The van der Waals surface area contributed by atoms with Gasteiger partial charge in [0.25, 0.3) is 17.5 Å². The normalized spacial score (nSPS) is 10.0. The number of amides is 2. The average Bonchev–Trinajstić information content (AvgIpc) is 2.71. The molecule has 0 saturated heterocycles. The van der Waals surface area contributed by atoms with E-state index in [1.165, 1.54) is 18.2 Å². The number of esters is 1. The summed E-state index contributed by atoms with van der Waals surface area (Å²) in [5.74, 6) is -2.23. The minimum atomic E-state index is -0.775. The van der Waals surface area contributed by atoms with Crippen molar-refractivity contribution >= 4 is 23.5 Å². The molecule has 146 valence electrons. The molecule has 2 amide bonds. The second-order valence-corrected chi connectivity index (χ2v) is 5.52. The highest BCUT2D eigenvalue weighted by molar-refractivity contribution is 5.96. The summed E-state index contributed by atoms with van der Waals surface area (Å²) < 4.78 is 9.82. The van der Waals surface area contributed by atoms with Gasteiger partial charge in [-0.1, -0.05) is 18.2 Å². The Morgan fingerprint density at radius 3 is 2.39 bits per heavy atom. The van der Waals surface area contributed by atoms with Gasteiger partial charge in [0, 0.05) is 24.8 Å². The number of ether oxygens (including phenoxy) is 2. The molecule has 2 rings (SSSR count). The molecule has 0 aliphatic carbocycles. The first kappa shape index (κ1) is 20.5. The van der Waals surface area contributed by atoms with Gasteiger partial charge in [0.1, 0.15) is 0 Å². The van der Waals surface area contributed by atoms with Crippen molar-refractivity contribution in [2.75, 3.05) is 13.7 Å². The maximum Gasteiger partial charge on any atom is 0.338 e. The number of nitrogens with one attached hydrogen (secondary N) is 2. The number of hydrogen-bond acceptors (Lipinski definition) is 7. The zero-order valence-electron chi connectivity index (χ0n) is 14.8. The van der Waals surface area contributed by atoms with Gasteiger partial charge in [-0.3, -0.25) is 30.6 Å². The van der Waals surface area contributed by atoms with Gasteiger partial charge < -0.3 is 9.47 Å². The zero-order chi connectivity index (χ0) is 20.5. The summed E-state index contributed by atoms with van der Waals surface area (Å²) in [7, 11) is 1.55. The Balaban J connectivity index is 1.80. The van der Waals surface area contributed by atoms with Crippen molar-refractivity contribution < 1.29 is 28.8 Å². The minimum absolute atomic E-state index is 0.0114. The van der Waals surface area contributed by atoms with Crippen LogP contribution < -0.4 is 10.9 Å². The Morgan fingerprint density at radius 2 is 1.75 bits per heavy atom. The zero-order valence-corrected chi connectivity index (χ0v) is 14.8. The Bertz CT molecular complexity index is 881. The molecule has 0 bridgehead atoms. The van der Waals surface area contributed by atoms with Crippen molar-refractivity contribution in [3.05, 3.63) is 75.3 Å². The number of nitro benzene ring substituents is 1. The van der Waals surface area contributed by atoms with E-state index in [0.717, 1.165) is 11.6 Å². The Morgan fingerprint density at radius 1 is 1.04 bits per heavy atom. The maximum atomic E-state index is 11.9. The predicted octanol–water partition coefficient (Wildman–Crippen LogP) is 1.36. The van der Waals surface area contributed by atoms with Crippen molar-refractivity contribution in [2.45, 2.75) is 6.61 Å². The molecule has 0 aliphatic heterocycles. The molecule has 10 heteroatoms. The highest BCUT2D eigenvalue weighted by Crippen LogP contribution is 2.12. The molecule has 0 aromatic heterocycles. The van der Waals surface area contributed by atoms with Crippen LogP contribution in [0.5, 0.6) is 0 Å². The largest absolute Gasteiger partial charge is 0.452 e. The van der Waals surface area contributed by atoms with Gasteiger partial charge in [-0.05, 0) is 23.8 Å². The number of hydrazine groups is 1. The van der Waals surface area contributed by atoms with Gasteiger partial charge in [0.15, 0.2) is 6.61 Å². The third-order valence-corrected chi connectivity index (χ3v) is 3.47. The van der Waals surface area contributed by atoms with Crippen LogP contribution in [0, 0.1) is 10.1 Å². The molecule has 10 nitrogen and oxygen atoms in total. The quantitative estimate of drug-likeness (QED) is 0.416. The molecule has 0 atom stereocenters. The number of methoxy groups -OCH3 is 1. The van der Waals surface area contributed by atoms with Crippen LogP contribution in [0.2, 0.25) is 0 Å². The van der Waals surface area contributed by atoms with Crippen molar-refractivity contribution in [2.24, 2.45) is 0 Å². The molecule has 28 heavy (non-hydrogen) atoms. The molecule has 0 spiro atoms. The van der Waals surface area contributed by atoms with Crippen LogP contribution in [0.1, 0.15) is 26.3 Å². The summed E-state index contributed by atoms with van der Waals surface area (Å²) in [6.45, 7) is -0.212. The topological polar surface area (TPSA) is 137 Å². The molecule has 2 N–H and O–H groups in total. The molecule has 0 unspecified atom stereocenters. The van der Waals surface area contributed by atoms with Crippen LogP contribution in [0.15, 0.2) is 48.5 Å². The van der Waals surface area contributed by atoms with E-state index in [1.807, 2.05) is 0 Å². The fraction of sp³-hybridized carbons (Fsp3) is 0.167. The number of hydrogen-bond donors (Lipinski definition) is 2. The predicted molar refractivity (Wildman–Crippen MR) is 96.1 cm³/mol. The van der Waals surface area contributed by atoms with Crippen LogP contribution in [0.3, 0.4) is 0 Å². The summed E-state index contributed by atoms with van der Waals surface area (Å²) in [5.41, 5.74) is 5.01. The molecule has 0 fully saturated rings. The van der Waals surface area contributed by atoms with E-state index < -0.39 is 29.3 Å². The fourth-order valence-corrected chi connectivity index (χ4v) is 2.11. The fourth-order valence-electron chi connectivity index (χ4n) is 2.11. The van der Waals surface area contributed by atoms with E-state index in [2.05, 4.69) is 10.9 Å². The number of carbonyl (C=O) groups excluding carboxylic acids is 3. The number of benzene rings is 2. The van der Waals surface area contributed by atoms with E-state index in [1.54, 1.807) is 31.4 Å². The van der Waals surface area contributed by atoms with Gasteiger partial charge in [0.05, 0.1) is 17.1 Å². The van der Waals surface area contributed by atoms with Crippen molar-refractivity contribution in [3.8, 4) is 0 Å². The molecule has 2 aromatic rings. The number of carbonyl (C=O) groups is 3. The summed E-state index contributed by atoms with van der Waals surface area (Å²) in [4.78, 5) is 45.6. The lowest BCUT2D eigenvalue weighted by molar-refractivity contribution is -0.384. The Kier molecular flexibility index (Phi) is 7.17. The van der Waals surface area contributed by atoms with Crippen molar-refractivity contribution in [3.63, 3.8) is 0 Å². The SMILES string of the molecule is COCc1ccc(C(=O)OCC(=O)NNC(=O)c2cccc([N+](=O)[O-])c2)cc1. The minimum Gasteiger partial charge on any atom is -0.452 e. The third-order valence-electron chi connectivity index (χ3n) is 3.47. The Hall–Kier alpha value is -3.79. The van der Waals surface area contributed by atoms with Crippen LogP contribution in [-0.4, -0.2) is 36.4 Å². The lowest BCUT2D eigenvalue weighted by Crippen LogP contribution is -2.43. The van der Waals surface area contributed by atoms with Gasteiger partial charge in [-0.25, -0.2) is 4.79 Å². The van der Waals surface area contributed by atoms with Gasteiger partial charge in [-0.2, -0.15) is 0 Å². The lowest BCUT2D eigenvalue weighted by Gasteiger charge is -2.08. The van der Waals surface area contributed by atoms with Crippen LogP contribution in [0.4, 0.5) is 5.69 Å². The smallest absolute Gasteiger partial charge is 0.338 e. The first-order valence-corrected chi connectivity index (χ1v) is 7.99. The van der Waals surface area contributed by atoms with E-state index in [-0.39, 0.29) is 16.8 Å². The number of nitro groups is 1. The van der Waals surface area contributed by atoms with E-state index in [9.17, 15) is 24.5 Å². The van der Waals surface area contributed by atoms with Crippen LogP contribution >= 0.6 is 0 Å². The summed E-state index contributed by atoms with van der Waals surface area (Å²) in [6.07, 6.45) is 0. The van der Waals surface area contributed by atoms with E-state index >= 15 is 0 Å². The molecular formula is C18H17N3O7. The summed E-state index contributed by atoms with van der Waals surface area (Å²) >= 11 is 0. The van der Waals surface area contributed by atoms with Crippen molar-refractivity contribution in [1.82, 2.24) is 10.9 Å². The average molecular weight is 387 g/mol. The van der Waals surface area contributed by atoms with Gasteiger partial charge >= 0.3 is 5.97 Å². The van der Waals surface area contributed by atoms with E-state index in [0.29, 0.717) is 6.61 Å². The first-order chi connectivity index (χ1) is 13.4. The summed E-state index contributed by atoms with van der Waals surface area (Å²) in [5, 5.41) is 10.7. The summed E-state index contributed by atoms with van der Waals surface area (Å²) in [6, 6.07) is 11.5. The number of nitrogens with zero attached hydrogens (tertiary/aromatic N) is 1. The molecule has 0 radical (unpaired) electrons. The second kappa shape index (κ2) is 9.78. The third kappa shape index (κ3) is 5.88. The van der Waals surface area contributed by atoms with E-state index in [4.69, 9.17) is 9.47 Å². The highest BCUT2D eigenvalue weighted by atomic mass is 16.6. The second-order valence-electron chi connectivity index (χ2n) is 5.52. The lowest BCUT2D eigenvalue weighted by atomic mass is 10.1. The highest BCUT2D eigenvalue weighted by Gasteiger charge is 2.14. The number of non-ortho nitro benzene ring substituents is 1. The molecule has 0 saturated carbocycles. The molecule has 0 aliphatic rings. The monoisotopic (exact) mass is 387 g/mol. The standard InChI is InChI=1S/C18H17N3O7/c1-27-10-12-5-7-13(8-6-12)18(24)28-11-16(22)19-20-17(23)14-3-2-4-15(9-14)21(25)26/h2-9H,10-11H2,1H3,(H,19,22)(H,20,23).